The highest BCUT2D eigenvalue weighted by Gasteiger charge is 2.18. The topological polar surface area (TPSA) is 75.5 Å². The zero-order valence-corrected chi connectivity index (χ0v) is 6.99. The zero-order chi connectivity index (χ0) is 9.14. The number of hydrogen-bond acceptors (Lipinski definition) is 5. The molecule has 0 atom stereocenters. The lowest BCUT2D eigenvalue weighted by Gasteiger charge is -2.04. The van der Waals surface area contributed by atoms with E-state index in [2.05, 4.69) is 9.97 Å². The predicted octanol–water partition coefficient (Wildman–Crippen LogP) is -1.18. The number of rotatable bonds is 2. The van der Waals surface area contributed by atoms with E-state index in [1.807, 2.05) is 0 Å². The Bertz CT molecular complexity index is 283. The van der Waals surface area contributed by atoms with Crippen molar-refractivity contribution in [3.05, 3.63) is 11.5 Å². The second kappa shape index (κ2) is 3.71. The third kappa shape index (κ3) is 1.85. The van der Waals surface area contributed by atoms with E-state index in [0.29, 0.717) is 0 Å². The lowest BCUT2D eigenvalue weighted by Crippen LogP contribution is -2.32. The summed E-state index contributed by atoms with van der Waals surface area (Å²) in [7, 11) is -0.304. The van der Waals surface area contributed by atoms with Crippen molar-refractivity contribution in [3.63, 3.8) is 0 Å². The van der Waals surface area contributed by atoms with Crippen LogP contribution in [0, 0.1) is 0 Å². The molecule has 0 saturated carbocycles. The van der Waals surface area contributed by atoms with E-state index in [-0.39, 0.29) is 16.6 Å². The second-order valence-electron chi connectivity index (χ2n) is 1.98. The highest BCUT2D eigenvalue weighted by molar-refractivity contribution is 6.59. The Balaban J connectivity index is 3.11. The highest BCUT2D eigenvalue weighted by Crippen LogP contribution is 2.05. The summed E-state index contributed by atoms with van der Waals surface area (Å²) in [5.41, 5.74) is 0.0851. The van der Waals surface area contributed by atoms with Crippen LogP contribution in [0.25, 0.3) is 0 Å². The number of aromatic nitrogens is 2. The normalized spacial score (nSPS) is 9.67. The monoisotopic (exact) mass is 188 g/mol. The fraction of sp³-hybridized carbons (Fsp3) is 0.200. The summed E-state index contributed by atoms with van der Waals surface area (Å²) in [5.74, 6) is 0.0602. The van der Waals surface area contributed by atoms with Crippen molar-refractivity contribution >= 4 is 24.2 Å². The Morgan fingerprint density at radius 3 is 2.75 bits per heavy atom. The van der Waals surface area contributed by atoms with Gasteiger partial charge in [-0.15, -0.1) is 0 Å². The van der Waals surface area contributed by atoms with E-state index in [9.17, 15) is 0 Å². The molecule has 0 radical (unpaired) electrons. The van der Waals surface area contributed by atoms with Crippen molar-refractivity contribution in [2.75, 3.05) is 7.11 Å². The van der Waals surface area contributed by atoms with Crippen molar-refractivity contribution < 1.29 is 14.8 Å². The van der Waals surface area contributed by atoms with Gasteiger partial charge in [0.1, 0.15) is 0 Å². The number of methoxy groups -OCH3 is 1. The summed E-state index contributed by atoms with van der Waals surface area (Å²) in [6.45, 7) is 0. The molecule has 0 aliphatic heterocycles. The van der Waals surface area contributed by atoms with Gasteiger partial charge < -0.3 is 14.8 Å². The average Bonchev–Trinajstić information content (AvgIpc) is 2.03. The molecule has 1 aromatic heterocycles. The molecule has 1 aromatic rings. The third-order valence-corrected chi connectivity index (χ3v) is 1.40. The fourth-order valence-electron chi connectivity index (χ4n) is 0.696. The summed E-state index contributed by atoms with van der Waals surface area (Å²) in [6.07, 6.45) is 1.19. The Morgan fingerprint density at radius 2 is 2.25 bits per heavy atom. The van der Waals surface area contributed by atoms with E-state index < -0.39 is 7.12 Å². The van der Waals surface area contributed by atoms with E-state index in [0.717, 1.165) is 0 Å². The summed E-state index contributed by atoms with van der Waals surface area (Å²) in [6, 6.07) is 0. The standard InChI is InChI=1S/C5H6BClN2O3/c1-12-4-3(6(10)11)2-8-5(7)9-4/h2,10-11H,1H3. The lowest BCUT2D eigenvalue weighted by molar-refractivity contribution is 0.390. The maximum absolute atomic E-state index is 8.78. The maximum atomic E-state index is 8.78. The van der Waals surface area contributed by atoms with Crippen molar-refractivity contribution in [3.8, 4) is 5.88 Å². The van der Waals surface area contributed by atoms with Crippen molar-refractivity contribution in [1.82, 2.24) is 9.97 Å². The minimum absolute atomic E-state index is 0.00347. The Morgan fingerprint density at radius 1 is 1.58 bits per heavy atom. The third-order valence-electron chi connectivity index (χ3n) is 1.22. The van der Waals surface area contributed by atoms with Gasteiger partial charge in [-0.05, 0) is 11.6 Å². The Hall–Kier alpha value is -0.845. The SMILES string of the molecule is COc1nc(Cl)ncc1B(O)O. The van der Waals surface area contributed by atoms with Crippen molar-refractivity contribution in [2.45, 2.75) is 0 Å². The van der Waals surface area contributed by atoms with Gasteiger partial charge in [0.25, 0.3) is 0 Å². The second-order valence-corrected chi connectivity index (χ2v) is 2.32. The van der Waals surface area contributed by atoms with Crippen LogP contribution in [0.3, 0.4) is 0 Å². The van der Waals surface area contributed by atoms with Crippen LogP contribution in [0.2, 0.25) is 5.28 Å². The minimum Gasteiger partial charge on any atom is -0.481 e. The zero-order valence-electron chi connectivity index (χ0n) is 6.23. The largest absolute Gasteiger partial charge is 0.495 e. The van der Waals surface area contributed by atoms with Crippen molar-refractivity contribution in [2.24, 2.45) is 0 Å². The van der Waals surface area contributed by atoms with Crippen LogP contribution in [0.1, 0.15) is 0 Å². The molecule has 0 amide bonds. The van der Waals surface area contributed by atoms with E-state index >= 15 is 0 Å². The van der Waals surface area contributed by atoms with Crippen LogP contribution in [-0.2, 0) is 0 Å². The van der Waals surface area contributed by atoms with Gasteiger partial charge in [0.05, 0.1) is 12.6 Å². The molecule has 0 spiro atoms. The molecule has 0 aromatic carbocycles. The van der Waals surface area contributed by atoms with Crippen LogP contribution in [-0.4, -0.2) is 34.2 Å². The average molecular weight is 188 g/mol. The lowest BCUT2D eigenvalue weighted by atomic mass is 9.82. The first kappa shape index (κ1) is 9.24. The molecule has 0 unspecified atom stereocenters. The van der Waals surface area contributed by atoms with Gasteiger partial charge in [-0.2, -0.15) is 4.98 Å². The predicted molar refractivity (Wildman–Crippen MR) is 43.4 cm³/mol. The van der Waals surface area contributed by atoms with Gasteiger partial charge in [-0.3, -0.25) is 0 Å². The van der Waals surface area contributed by atoms with Gasteiger partial charge in [0.2, 0.25) is 11.2 Å². The molecule has 1 heterocycles. The van der Waals surface area contributed by atoms with E-state index in [4.69, 9.17) is 26.4 Å². The molecule has 0 saturated heterocycles. The summed E-state index contributed by atoms with van der Waals surface area (Å²) >= 11 is 5.43. The molecule has 2 N–H and O–H groups in total. The molecule has 12 heavy (non-hydrogen) atoms. The van der Waals surface area contributed by atoms with Gasteiger partial charge in [-0.1, -0.05) is 0 Å². The molecular formula is C5H6BClN2O3. The quantitative estimate of drug-likeness (QED) is 0.451. The van der Waals surface area contributed by atoms with E-state index in [1.54, 1.807) is 0 Å². The smallest absolute Gasteiger partial charge is 0.481 e. The number of ether oxygens (including phenoxy) is 1. The number of hydrogen-bond donors (Lipinski definition) is 2. The Kier molecular flexibility index (Phi) is 2.85. The fourth-order valence-corrected chi connectivity index (χ4v) is 0.821. The van der Waals surface area contributed by atoms with Gasteiger partial charge in [0, 0.05) is 6.20 Å². The minimum atomic E-state index is -1.66. The molecule has 5 nitrogen and oxygen atoms in total. The molecule has 1 rings (SSSR count). The molecule has 0 fully saturated rings. The van der Waals surface area contributed by atoms with Gasteiger partial charge in [-0.25, -0.2) is 4.98 Å². The van der Waals surface area contributed by atoms with Crippen LogP contribution < -0.4 is 10.2 Å². The van der Waals surface area contributed by atoms with Crippen LogP contribution in [0.15, 0.2) is 6.20 Å². The van der Waals surface area contributed by atoms with E-state index in [1.165, 1.54) is 13.3 Å². The molecule has 0 bridgehead atoms. The molecule has 64 valence electrons. The first-order valence-corrected chi connectivity index (χ1v) is 3.45. The summed E-state index contributed by atoms with van der Waals surface area (Å²) in [5, 5.41) is 17.6. The first-order valence-electron chi connectivity index (χ1n) is 3.07. The highest BCUT2D eigenvalue weighted by atomic mass is 35.5. The number of halogens is 1. The summed E-state index contributed by atoms with van der Waals surface area (Å²) < 4.78 is 4.73. The van der Waals surface area contributed by atoms with Crippen LogP contribution in [0.4, 0.5) is 0 Å². The molecule has 0 aliphatic carbocycles. The molecule has 0 aliphatic rings. The van der Waals surface area contributed by atoms with Gasteiger partial charge >= 0.3 is 7.12 Å². The molecule has 7 heteroatoms. The van der Waals surface area contributed by atoms with Gasteiger partial charge in [0.15, 0.2) is 0 Å². The molecular weight excluding hydrogens is 182 g/mol. The van der Waals surface area contributed by atoms with Crippen LogP contribution in [0.5, 0.6) is 5.88 Å². The Labute approximate surface area is 74.1 Å². The van der Waals surface area contributed by atoms with Crippen molar-refractivity contribution in [1.29, 1.82) is 0 Å². The van der Waals surface area contributed by atoms with Crippen LogP contribution >= 0.6 is 11.6 Å². The first-order chi connectivity index (χ1) is 5.65. The summed E-state index contributed by atoms with van der Waals surface area (Å²) in [4.78, 5) is 7.19. The maximum Gasteiger partial charge on any atom is 0.495 e. The number of nitrogens with zero attached hydrogens (tertiary/aromatic N) is 2.